The molecule has 96 valence electrons. The zero-order chi connectivity index (χ0) is 11.8. The standard InChI is InChI=1S/C10H11F3N2O.ClH/c11-10(12,13)6-1-9(5-15-4-6)16-8-2-7(14)3-8;/h1,4-5,7-8H,2-3,14H2;1H. The van der Waals surface area contributed by atoms with Crippen molar-refractivity contribution in [2.24, 2.45) is 5.73 Å². The van der Waals surface area contributed by atoms with Gasteiger partial charge in [0.1, 0.15) is 11.9 Å². The van der Waals surface area contributed by atoms with Crippen molar-refractivity contribution < 1.29 is 17.9 Å². The molecule has 1 heterocycles. The number of rotatable bonds is 2. The van der Waals surface area contributed by atoms with Gasteiger partial charge < -0.3 is 10.5 Å². The molecule has 1 aliphatic carbocycles. The molecule has 1 saturated carbocycles. The van der Waals surface area contributed by atoms with E-state index in [1.165, 1.54) is 6.20 Å². The Bertz CT molecular complexity index is 380. The molecular formula is C10H12ClF3N2O. The van der Waals surface area contributed by atoms with Crippen molar-refractivity contribution in [1.82, 2.24) is 4.98 Å². The molecule has 1 aromatic heterocycles. The van der Waals surface area contributed by atoms with Gasteiger partial charge in [0.15, 0.2) is 0 Å². The van der Waals surface area contributed by atoms with Crippen LogP contribution in [0.5, 0.6) is 5.75 Å². The van der Waals surface area contributed by atoms with Gasteiger partial charge in [0.2, 0.25) is 0 Å². The van der Waals surface area contributed by atoms with Crippen LogP contribution in [0, 0.1) is 0 Å². The van der Waals surface area contributed by atoms with Crippen molar-refractivity contribution >= 4 is 12.4 Å². The fraction of sp³-hybridized carbons (Fsp3) is 0.500. The summed E-state index contributed by atoms with van der Waals surface area (Å²) >= 11 is 0. The van der Waals surface area contributed by atoms with E-state index in [1.54, 1.807) is 0 Å². The van der Waals surface area contributed by atoms with Crippen LogP contribution in [0.15, 0.2) is 18.5 Å². The SMILES string of the molecule is Cl.NC1CC(Oc2cncc(C(F)(F)F)c2)C1. The Morgan fingerprint density at radius 2 is 1.94 bits per heavy atom. The lowest BCUT2D eigenvalue weighted by atomic mass is 9.90. The summed E-state index contributed by atoms with van der Waals surface area (Å²) in [6.07, 6.45) is -1.06. The number of alkyl halides is 3. The summed E-state index contributed by atoms with van der Waals surface area (Å²) < 4.78 is 42.4. The second-order valence-corrected chi connectivity index (χ2v) is 3.88. The molecule has 0 radical (unpaired) electrons. The third kappa shape index (κ3) is 3.47. The van der Waals surface area contributed by atoms with Crippen LogP contribution in [0.2, 0.25) is 0 Å². The van der Waals surface area contributed by atoms with Crippen molar-refractivity contribution in [2.75, 3.05) is 0 Å². The maximum atomic E-state index is 12.3. The molecule has 0 saturated heterocycles. The van der Waals surface area contributed by atoms with E-state index in [0.717, 1.165) is 12.3 Å². The second kappa shape index (κ2) is 5.10. The largest absolute Gasteiger partial charge is 0.489 e. The molecule has 0 atom stereocenters. The molecule has 7 heteroatoms. The van der Waals surface area contributed by atoms with Gasteiger partial charge in [0.25, 0.3) is 0 Å². The normalized spacial score (nSPS) is 23.5. The Morgan fingerprint density at radius 1 is 1.29 bits per heavy atom. The summed E-state index contributed by atoms with van der Waals surface area (Å²) in [6, 6.07) is 1.06. The van der Waals surface area contributed by atoms with Crippen LogP contribution in [-0.2, 0) is 6.18 Å². The number of ether oxygens (including phenoxy) is 1. The molecule has 0 spiro atoms. The first-order valence-electron chi connectivity index (χ1n) is 4.89. The third-order valence-corrected chi connectivity index (χ3v) is 2.47. The first-order valence-corrected chi connectivity index (χ1v) is 4.89. The quantitative estimate of drug-likeness (QED) is 0.896. The van der Waals surface area contributed by atoms with Crippen LogP contribution in [0.4, 0.5) is 13.2 Å². The number of nitrogens with zero attached hydrogens (tertiary/aromatic N) is 1. The Kier molecular flexibility index (Phi) is 4.21. The van der Waals surface area contributed by atoms with Crippen LogP contribution in [0.1, 0.15) is 18.4 Å². The minimum absolute atomic E-state index is 0. The van der Waals surface area contributed by atoms with E-state index in [4.69, 9.17) is 10.5 Å². The van der Waals surface area contributed by atoms with E-state index in [1.807, 2.05) is 0 Å². The van der Waals surface area contributed by atoms with Gasteiger partial charge in [-0.05, 0) is 18.9 Å². The summed E-state index contributed by atoms with van der Waals surface area (Å²) in [5.41, 5.74) is 4.75. The smallest absolute Gasteiger partial charge is 0.418 e. The lowest BCUT2D eigenvalue weighted by molar-refractivity contribution is -0.138. The van der Waals surface area contributed by atoms with Gasteiger partial charge in [-0.1, -0.05) is 0 Å². The minimum Gasteiger partial charge on any atom is -0.489 e. The Labute approximate surface area is 103 Å². The lowest BCUT2D eigenvalue weighted by Crippen LogP contribution is -2.43. The first kappa shape index (κ1) is 14.1. The number of pyridine rings is 1. The maximum Gasteiger partial charge on any atom is 0.418 e. The number of hydrogen-bond donors (Lipinski definition) is 1. The summed E-state index contributed by atoms with van der Waals surface area (Å²) in [4.78, 5) is 3.51. The van der Waals surface area contributed by atoms with E-state index in [2.05, 4.69) is 4.98 Å². The molecule has 1 aromatic rings. The average molecular weight is 269 g/mol. The highest BCUT2D eigenvalue weighted by atomic mass is 35.5. The van der Waals surface area contributed by atoms with Gasteiger partial charge in [0, 0.05) is 12.2 Å². The van der Waals surface area contributed by atoms with Crippen LogP contribution in [-0.4, -0.2) is 17.1 Å². The van der Waals surface area contributed by atoms with Crippen molar-refractivity contribution in [3.63, 3.8) is 0 Å². The van der Waals surface area contributed by atoms with Gasteiger partial charge in [-0.3, -0.25) is 4.98 Å². The fourth-order valence-electron chi connectivity index (χ4n) is 1.53. The number of hydrogen-bond acceptors (Lipinski definition) is 3. The summed E-state index contributed by atoms with van der Waals surface area (Å²) in [6.45, 7) is 0. The zero-order valence-corrected chi connectivity index (χ0v) is 9.59. The van der Waals surface area contributed by atoms with Crippen molar-refractivity contribution in [3.8, 4) is 5.75 Å². The van der Waals surface area contributed by atoms with E-state index >= 15 is 0 Å². The molecule has 0 bridgehead atoms. The van der Waals surface area contributed by atoms with E-state index < -0.39 is 11.7 Å². The van der Waals surface area contributed by atoms with Gasteiger partial charge >= 0.3 is 6.18 Å². The maximum absolute atomic E-state index is 12.3. The molecule has 0 unspecified atom stereocenters. The molecule has 0 amide bonds. The first-order chi connectivity index (χ1) is 7.45. The molecule has 3 nitrogen and oxygen atoms in total. The van der Waals surface area contributed by atoms with Gasteiger partial charge in [-0.2, -0.15) is 13.2 Å². The highest BCUT2D eigenvalue weighted by Crippen LogP contribution is 2.32. The fourth-order valence-corrected chi connectivity index (χ4v) is 1.53. The number of nitrogens with two attached hydrogens (primary N) is 1. The van der Waals surface area contributed by atoms with Crippen LogP contribution in [0.25, 0.3) is 0 Å². The molecule has 1 fully saturated rings. The Hall–Kier alpha value is -1.01. The average Bonchev–Trinajstić information content (AvgIpc) is 2.14. The molecule has 1 aliphatic rings. The predicted molar refractivity (Wildman–Crippen MR) is 58.1 cm³/mol. The van der Waals surface area contributed by atoms with Crippen molar-refractivity contribution in [1.29, 1.82) is 0 Å². The van der Waals surface area contributed by atoms with Crippen LogP contribution >= 0.6 is 12.4 Å². The minimum atomic E-state index is -4.39. The van der Waals surface area contributed by atoms with Gasteiger partial charge in [0.05, 0.1) is 11.8 Å². The molecular weight excluding hydrogens is 257 g/mol. The molecule has 0 aliphatic heterocycles. The van der Waals surface area contributed by atoms with E-state index in [-0.39, 0.29) is 30.3 Å². The number of aromatic nitrogens is 1. The summed E-state index contributed by atoms with van der Waals surface area (Å²) in [7, 11) is 0. The number of halogens is 4. The van der Waals surface area contributed by atoms with E-state index in [0.29, 0.717) is 12.8 Å². The molecule has 2 N–H and O–H groups in total. The van der Waals surface area contributed by atoms with Gasteiger partial charge in [-0.15, -0.1) is 12.4 Å². The second-order valence-electron chi connectivity index (χ2n) is 3.88. The van der Waals surface area contributed by atoms with Crippen molar-refractivity contribution in [3.05, 3.63) is 24.0 Å². The monoisotopic (exact) mass is 268 g/mol. The topological polar surface area (TPSA) is 48.1 Å². The summed E-state index contributed by atoms with van der Waals surface area (Å²) in [5.74, 6) is 0.145. The predicted octanol–water partition coefficient (Wildman–Crippen LogP) is 2.39. The highest BCUT2D eigenvalue weighted by Gasteiger charge is 2.32. The molecule has 2 rings (SSSR count). The lowest BCUT2D eigenvalue weighted by Gasteiger charge is -2.32. The van der Waals surface area contributed by atoms with Crippen LogP contribution < -0.4 is 10.5 Å². The summed E-state index contributed by atoms with van der Waals surface area (Å²) in [5, 5.41) is 0. The van der Waals surface area contributed by atoms with Crippen LogP contribution in [0.3, 0.4) is 0 Å². The van der Waals surface area contributed by atoms with E-state index in [9.17, 15) is 13.2 Å². The van der Waals surface area contributed by atoms with Gasteiger partial charge in [-0.25, -0.2) is 0 Å². The van der Waals surface area contributed by atoms with Crippen molar-refractivity contribution in [2.45, 2.75) is 31.2 Å². The Balaban J connectivity index is 0.00000144. The molecule has 17 heavy (non-hydrogen) atoms. The third-order valence-electron chi connectivity index (χ3n) is 2.47. The molecule has 0 aromatic carbocycles. The Morgan fingerprint density at radius 3 is 2.47 bits per heavy atom. The highest BCUT2D eigenvalue weighted by molar-refractivity contribution is 5.85. The zero-order valence-electron chi connectivity index (χ0n) is 8.78.